The molecule has 1 aliphatic carbocycles. The van der Waals surface area contributed by atoms with Crippen LogP contribution in [0.2, 0.25) is 0 Å². The highest BCUT2D eigenvalue weighted by Gasteiger charge is 2.30. The van der Waals surface area contributed by atoms with Gasteiger partial charge in [0.1, 0.15) is 5.82 Å². The Morgan fingerprint density at radius 2 is 2.00 bits per heavy atom. The van der Waals surface area contributed by atoms with E-state index in [1.807, 2.05) is 24.4 Å². The van der Waals surface area contributed by atoms with Crippen LogP contribution in [0.4, 0.5) is 4.39 Å². The van der Waals surface area contributed by atoms with Crippen molar-refractivity contribution in [2.45, 2.75) is 29.8 Å². The molecule has 4 nitrogen and oxygen atoms in total. The molecule has 3 aromatic rings. The van der Waals surface area contributed by atoms with Crippen molar-refractivity contribution in [3.8, 4) is 11.4 Å². The van der Waals surface area contributed by atoms with Crippen molar-refractivity contribution in [3.63, 3.8) is 0 Å². The Labute approximate surface area is 137 Å². The monoisotopic (exact) mass is 326 g/mol. The van der Waals surface area contributed by atoms with Gasteiger partial charge in [0.25, 0.3) is 0 Å². The Bertz CT molecular complexity index is 814. The van der Waals surface area contributed by atoms with Gasteiger partial charge in [0.15, 0.2) is 11.0 Å². The molecule has 4 rings (SSSR count). The number of thioether (sulfide) groups is 1. The maximum atomic E-state index is 14.1. The van der Waals surface area contributed by atoms with E-state index < -0.39 is 0 Å². The molecule has 23 heavy (non-hydrogen) atoms. The molecule has 0 spiro atoms. The summed E-state index contributed by atoms with van der Waals surface area (Å²) in [6.07, 6.45) is 5.81. The average Bonchev–Trinajstić information content (AvgIpc) is 3.34. The zero-order valence-electron chi connectivity index (χ0n) is 12.4. The van der Waals surface area contributed by atoms with Crippen LogP contribution in [0.15, 0.2) is 53.9 Å². The Morgan fingerprint density at radius 1 is 1.13 bits per heavy atom. The summed E-state index contributed by atoms with van der Waals surface area (Å²) in [6.45, 7) is 0. The Morgan fingerprint density at radius 3 is 2.74 bits per heavy atom. The molecular formula is C17H15FN4S. The molecule has 1 fully saturated rings. The highest BCUT2D eigenvalue weighted by atomic mass is 32.2. The number of nitrogens with zero attached hydrogens (tertiary/aromatic N) is 4. The first-order valence-corrected chi connectivity index (χ1v) is 8.53. The molecule has 0 N–H and O–H groups in total. The summed E-state index contributed by atoms with van der Waals surface area (Å²) in [5, 5.41) is 9.40. The van der Waals surface area contributed by atoms with Crippen molar-refractivity contribution >= 4 is 11.8 Å². The predicted molar refractivity (Wildman–Crippen MR) is 87.5 cm³/mol. The Hall–Kier alpha value is -2.21. The van der Waals surface area contributed by atoms with Crippen molar-refractivity contribution in [1.29, 1.82) is 0 Å². The molecule has 0 atom stereocenters. The van der Waals surface area contributed by atoms with Crippen LogP contribution in [0.5, 0.6) is 0 Å². The van der Waals surface area contributed by atoms with Gasteiger partial charge in [-0.1, -0.05) is 30.0 Å². The van der Waals surface area contributed by atoms with E-state index in [2.05, 4.69) is 19.7 Å². The van der Waals surface area contributed by atoms with E-state index in [9.17, 15) is 4.39 Å². The van der Waals surface area contributed by atoms with Gasteiger partial charge in [-0.05, 0) is 36.6 Å². The summed E-state index contributed by atoms with van der Waals surface area (Å²) in [5.74, 6) is 1.14. The minimum Gasteiger partial charge on any atom is -0.299 e. The first kappa shape index (κ1) is 14.4. The normalized spacial score (nSPS) is 14.1. The Balaban J connectivity index is 1.65. The lowest BCUT2D eigenvalue weighted by atomic mass is 10.2. The first-order chi connectivity index (χ1) is 11.3. The zero-order valence-corrected chi connectivity index (χ0v) is 13.2. The highest BCUT2D eigenvalue weighted by Crippen LogP contribution is 2.41. The second kappa shape index (κ2) is 6.12. The molecule has 0 aliphatic heterocycles. The van der Waals surface area contributed by atoms with Gasteiger partial charge in [-0.3, -0.25) is 9.55 Å². The molecule has 0 amide bonds. The van der Waals surface area contributed by atoms with Crippen LogP contribution >= 0.6 is 11.8 Å². The fourth-order valence-electron chi connectivity index (χ4n) is 2.49. The van der Waals surface area contributed by atoms with Crippen LogP contribution in [0.25, 0.3) is 11.4 Å². The van der Waals surface area contributed by atoms with Crippen LogP contribution < -0.4 is 0 Å². The maximum Gasteiger partial charge on any atom is 0.192 e. The predicted octanol–water partition coefficient (Wildman–Crippen LogP) is 4.11. The van der Waals surface area contributed by atoms with E-state index in [1.165, 1.54) is 6.07 Å². The third-order valence-corrected chi connectivity index (χ3v) is 4.80. The first-order valence-electron chi connectivity index (χ1n) is 7.54. The van der Waals surface area contributed by atoms with Gasteiger partial charge in [-0.25, -0.2) is 4.39 Å². The number of rotatable bonds is 5. The van der Waals surface area contributed by atoms with Crippen molar-refractivity contribution in [3.05, 3.63) is 60.2 Å². The van der Waals surface area contributed by atoms with Gasteiger partial charge < -0.3 is 0 Å². The number of aromatic nitrogens is 4. The zero-order chi connectivity index (χ0) is 15.6. The maximum absolute atomic E-state index is 14.1. The Kier molecular flexibility index (Phi) is 3.83. The number of hydrogen-bond donors (Lipinski definition) is 0. The minimum absolute atomic E-state index is 0.259. The van der Waals surface area contributed by atoms with Crippen molar-refractivity contribution in [2.75, 3.05) is 0 Å². The lowest BCUT2D eigenvalue weighted by Gasteiger charge is -2.09. The fraction of sp³-hybridized carbons (Fsp3) is 0.235. The van der Waals surface area contributed by atoms with Gasteiger partial charge >= 0.3 is 0 Å². The van der Waals surface area contributed by atoms with E-state index in [0.717, 1.165) is 29.3 Å². The molecule has 116 valence electrons. The van der Waals surface area contributed by atoms with Crippen molar-refractivity contribution < 1.29 is 4.39 Å². The smallest absolute Gasteiger partial charge is 0.192 e. The van der Waals surface area contributed by atoms with E-state index in [1.54, 1.807) is 30.1 Å². The number of benzene rings is 1. The minimum atomic E-state index is -0.259. The lowest BCUT2D eigenvalue weighted by Crippen LogP contribution is -2.01. The topological polar surface area (TPSA) is 43.6 Å². The molecule has 1 aliphatic rings. The van der Waals surface area contributed by atoms with Gasteiger partial charge in [0.05, 0.1) is 5.56 Å². The molecule has 0 radical (unpaired) electrons. The van der Waals surface area contributed by atoms with Gasteiger partial charge in [-0.2, -0.15) is 0 Å². The summed E-state index contributed by atoms with van der Waals surface area (Å²) in [5.41, 5.74) is 1.65. The third-order valence-electron chi connectivity index (χ3n) is 3.78. The van der Waals surface area contributed by atoms with E-state index >= 15 is 0 Å². The van der Waals surface area contributed by atoms with E-state index in [4.69, 9.17) is 0 Å². The van der Waals surface area contributed by atoms with Gasteiger partial charge in [0.2, 0.25) is 0 Å². The molecule has 6 heteroatoms. The molecule has 1 aromatic carbocycles. The van der Waals surface area contributed by atoms with Crippen LogP contribution in [0.3, 0.4) is 0 Å². The van der Waals surface area contributed by atoms with Crippen LogP contribution in [-0.4, -0.2) is 19.7 Å². The summed E-state index contributed by atoms with van der Waals surface area (Å²) in [4.78, 5) is 4.13. The summed E-state index contributed by atoms with van der Waals surface area (Å²) in [7, 11) is 0. The van der Waals surface area contributed by atoms with Gasteiger partial charge in [0, 0.05) is 24.2 Å². The molecule has 0 bridgehead atoms. The largest absolute Gasteiger partial charge is 0.299 e. The molecule has 2 aromatic heterocycles. The summed E-state index contributed by atoms with van der Waals surface area (Å²) >= 11 is 1.62. The molecule has 0 unspecified atom stereocenters. The number of halogens is 1. The van der Waals surface area contributed by atoms with Crippen LogP contribution in [-0.2, 0) is 5.75 Å². The van der Waals surface area contributed by atoms with Gasteiger partial charge in [-0.15, -0.1) is 10.2 Å². The van der Waals surface area contributed by atoms with E-state index in [0.29, 0.717) is 17.4 Å². The average molecular weight is 326 g/mol. The molecular weight excluding hydrogens is 311 g/mol. The SMILES string of the molecule is Fc1ccccc1-c1nnc(SCc2cccnc2)n1C1CC1. The second-order valence-corrected chi connectivity index (χ2v) is 6.48. The molecule has 0 saturated heterocycles. The molecule has 2 heterocycles. The summed E-state index contributed by atoms with van der Waals surface area (Å²) < 4.78 is 16.2. The van der Waals surface area contributed by atoms with Crippen LogP contribution in [0.1, 0.15) is 24.4 Å². The second-order valence-electron chi connectivity index (χ2n) is 5.54. The van der Waals surface area contributed by atoms with Crippen LogP contribution in [0, 0.1) is 5.82 Å². The number of pyridine rings is 1. The molecule has 1 saturated carbocycles. The summed E-state index contributed by atoms with van der Waals surface area (Å²) in [6, 6.07) is 11.1. The lowest BCUT2D eigenvalue weighted by molar-refractivity contribution is 0.622. The quantitative estimate of drug-likeness (QED) is 0.662. The van der Waals surface area contributed by atoms with Crippen molar-refractivity contribution in [1.82, 2.24) is 19.7 Å². The number of hydrogen-bond acceptors (Lipinski definition) is 4. The van der Waals surface area contributed by atoms with Crippen molar-refractivity contribution in [2.24, 2.45) is 0 Å². The highest BCUT2D eigenvalue weighted by molar-refractivity contribution is 7.98. The third kappa shape index (κ3) is 2.99. The standard InChI is InChI=1S/C17H15FN4S/c18-15-6-2-1-5-14(15)16-20-21-17(22(16)13-7-8-13)23-11-12-4-3-9-19-10-12/h1-6,9-10,13H,7-8,11H2. The fourth-order valence-corrected chi connectivity index (χ4v) is 3.43. The van der Waals surface area contributed by atoms with E-state index in [-0.39, 0.29) is 5.82 Å².